The van der Waals surface area contributed by atoms with Crippen molar-refractivity contribution in [2.45, 2.75) is 6.92 Å². The van der Waals surface area contributed by atoms with E-state index in [1.54, 1.807) is 43.3 Å². The van der Waals surface area contributed by atoms with Gasteiger partial charge in [0.2, 0.25) is 0 Å². The van der Waals surface area contributed by atoms with Crippen molar-refractivity contribution in [1.82, 2.24) is 14.8 Å². The Labute approximate surface area is 265 Å². The molecule has 7 N–H and O–H groups in total. The maximum absolute atomic E-state index is 12.9. The zero-order valence-corrected chi connectivity index (χ0v) is 25.1. The van der Waals surface area contributed by atoms with Gasteiger partial charge in [-0.15, -0.1) is 0 Å². The van der Waals surface area contributed by atoms with Crippen molar-refractivity contribution in [3.05, 3.63) is 53.4 Å². The van der Waals surface area contributed by atoms with Crippen molar-refractivity contribution in [3.63, 3.8) is 0 Å². The van der Waals surface area contributed by atoms with Gasteiger partial charge in [0.05, 0.1) is 11.4 Å². The number of carbonyl (C=O) groups excluding carboxylic acids is 1. The van der Waals surface area contributed by atoms with Crippen LogP contribution in [0, 0.1) is 6.92 Å². The van der Waals surface area contributed by atoms with Crippen molar-refractivity contribution in [2.24, 2.45) is 0 Å². The maximum atomic E-state index is 12.9. The number of carbonyl (C=O) groups is 5. The molecule has 0 bridgehead atoms. The number of fused-ring (bicyclic) bond motifs is 1. The second-order valence-electron chi connectivity index (χ2n) is 10.1. The van der Waals surface area contributed by atoms with E-state index in [1.165, 1.54) is 11.0 Å². The molecule has 0 spiro atoms. The number of nitrogens with zero attached hydrogens (tertiary/aromatic N) is 3. The van der Waals surface area contributed by atoms with Crippen LogP contribution in [-0.4, -0.2) is 109 Å². The number of aromatic amines is 1. The van der Waals surface area contributed by atoms with Crippen molar-refractivity contribution >= 4 is 75.5 Å². The third-order valence-electron chi connectivity index (χ3n) is 6.57. The van der Waals surface area contributed by atoms with Crippen molar-refractivity contribution in [3.8, 4) is 11.5 Å². The van der Waals surface area contributed by atoms with E-state index in [0.717, 1.165) is 15.4 Å². The molecule has 0 radical (unpaired) electrons. The predicted octanol–water partition coefficient (Wildman–Crippen LogP) is 1.43. The zero-order chi connectivity index (χ0) is 33.7. The lowest BCUT2D eigenvalue weighted by Crippen LogP contribution is -2.38. The number of ether oxygens (including phenoxy) is 2. The average molecular weight is 656 g/mol. The minimum atomic E-state index is -1.32. The SMILES string of the molecule is Cc1ccc(N(CC(=O)O)CC(=O)O)c(OCCOc2cc3cc(C=C4C(=O)N(CC(=O)O)C(=S)N4CC(=O)O)[nH]c3cc2N)c1. The second-order valence-corrected chi connectivity index (χ2v) is 10.5. The van der Waals surface area contributed by atoms with Crippen LogP contribution < -0.4 is 20.1 Å². The van der Waals surface area contributed by atoms with Gasteiger partial charge in [-0.1, -0.05) is 6.07 Å². The maximum Gasteiger partial charge on any atom is 0.323 e. The minimum absolute atomic E-state index is 0.000669. The minimum Gasteiger partial charge on any atom is -0.488 e. The van der Waals surface area contributed by atoms with Crippen LogP contribution in [0.1, 0.15) is 11.3 Å². The van der Waals surface area contributed by atoms with Gasteiger partial charge in [-0.3, -0.25) is 28.9 Å². The number of rotatable bonds is 15. The highest BCUT2D eigenvalue weighted by Gasteiger charge is 2.40. The summed E-state index contributed by atoms with van der Waals surface area (Å²) in [5.74, 6) is -5.19. The average Bonchev–Trinajstić information content (AvgIpc) is 3.43. The van der Waals surface area contributed by atoms with E-state index in [9.17, 15) is 39.3 Å². The summed E-state index contributed by atoms with van der Waals surface area (Å²) in [5, 5.41) is 37.3. The Kier molecular flexibility index (Phi) is 9.96. The quantitative estimate of drug-likeness (QED) is 0.0588. The first kappa shape index (κ1) is 33.1. The van der Waals surface area contributed by atoms with E-state index in [-0.39, 0.29) is 35.5 Å². The number of carboxylic acids is 4. The summed E-state index contributed by atoms with van der Waals surface area (Å²) >= 11 is 5.17. The molecule has 46 heavy (non-hydrogen) atoms. The number of carboxylic acid groups (broad SMARTS) is 4. The molecule has 3 aromatic rings. The number of nitrogens with two attached hydrogens (primary N) is 1. The third kappa shape index (κ3) is 7.81. The zero-order valence-electron chi connectivity index (χ0n) is 24.3. The summed E-state index contributed by atoms with van der Waals surface area (Å²) in [6.45, 7) is -0.665. The van der Waals surface area contributed by atoms with Crippen molar-refractivity contribution in [2.75, 3.05) is 50.0 Å². The second kappa shape index (κ2) is 13.9. The van der Waals surface area contributed by atoms with Gasteiger partial charge < -0.3 is 50.4 Å². The van der Waals surface area contributed by atoms with Crippen LogP contribution in [0.25, 0.3) is 17.0 Å². The number of aromatic nitrogens is 1. The molecule has 2 aromatic carbocycles. The molecule has 1 saturated heterocycles. The Morgan fingerprint density at radius 2 is 1.50 bits per heavy atom. The Morgan fingerprint density at radius 1 is 0.891 bits per heavy atom. The Hall–Kier alpha value is -5.84. The van der Waals surface area contributed by atoms with E-state index in [1.807, 2.05) is 0 Å². The molecule has 0 saturated carbocycles. The number of hydrogen-bond acceptors (Lipinski definition) is 10. The van der Waals surface area contributed by atoms with Crippen LogP contribution in [0.4, 0.5) is 11.4 Å². The van der Waals surface area contributed by atoms with E-state index >= 15 is 0 Å². The lowest BCUT2D eigenvalue weighted by atomic mass is 10.2. The molecule has 0 aliphatic carbocycles. The number of aryl methyl sites for hydroxylation is 1. The van der Waals surface area contributed by atoms with Gasteiger partial charge in [0.25, 0.3) is 5.91 Å². The summed E-state index contributed by atoms with van der Waals surface area (Å²) in [7, 11) is 0. The Morgan fingerprint density at radius 3 is 2.11 bits per heavy atom. The molecule has 2 heterocycles. The fourth-order valence-corrected chi connectivity index (χ4v) is 5.01. The number of nitrogens with one attached hydrogen (secondary N) is 1. The number of nitrogen functional groups attached to an aromatic ring is 1. The highest BCUT2D eigenvalue weighted by Crippen LogP contribution is 2.32. The molecule has 4 rings (SSSR count). The molecule has 16 nitrogen and oxygen atoms in total. The topological polar surface area (TPSA) is 236 Å². The van der Waals surface area contributed by atoms with E-state index < -0.39 is 56.0 Å². The van der Waals surface area contributed by atoms with Crippen LogP contribution in [0.2, 0.25) is 0 Å². The number of benzene rings is 2. The van der Waals surface area contributed by atoms with E-state index in [4.69, 9.17) is 32.5 Å². The van der Waals surface area contributed by atoms with Crippen LogP contribution in [-0.2, 0) is 24.0 Å². The number of aliphatic carboxylic acids is 4. The number of H-pyrrole nitrogens is 1. The summed E-state index contributed by atoms with van der Waals surface area (Å²) < 4.78 is 11.7. The molecular weight excluding hydrogens is 626 g/mol. The molecule has 242 valence electrons. The van der Waals surface area contributed by atoms with Gasteiger partial charge >= 0.3 is 23.9 Å². The Bertz CT molecular complexity index is 1750. The highest BCUT2D eigenvalue weighted by molar-refractivity contribution is 7.80. The molecule has 1 aliphatic rings. The van der Waals surface area contributed by atoms with Gasteiger partial charge in [-0.05, 0) is 61.1 Å². The number of amides is 1. The first-order valence-electron chi connectivity index (χ1n) is 13.5. The van der Waals surface area contributed by atoms with Crippen LogP contribution in [0.3, 0.4) is 0 Å². The fourth-order valence-electron chi connectivity index (χ4n) is 4.70. The van der Waals surface area contributed by atoms with Crippen LogP contribution in [0.5, 0.6) is 11.5 Å². The smallest absolute Gasteiger partial charge is 0.323 e. The molecule has 0 unspecified atom stereocenters. The number of hydrogen-bond donors (Lipinski definition) is 6. The fraction of sp³-hybridized carbons (Fsp3) is 0.241. The standard InChI is InChI=1S/C29H29N5O11S/c1-15-2-3-20(32(11-24(35)36)12-25(37)38)23(6-15)45-5-4-44-22-8-16-7-17(31-19(16)10-18(22)30)9-21-28(43)34(14-27(41)42)29(46)33(21)13-26(39)40/h2-3,6-10,31H,4-5,11-14,30H2,1H3,(H,35,36)(H,37,38)(H,39,40)(H,41,42). The van der Waals surface area contributed by atoms with Crippen molar-refractivity contribution < 1.29 is 53.9 Å². The van der Waals surface area contributed by atoms with Crippen LogP contribution >= 0.6 is 12.2 Å². The normalized spacial score (nSPS) is 13.8. The summed E-state index contributed by atoms with van der Waals surface area (Å²) in [6.07, 6.45) is 1.36. The molecule has 1 fully saturated rings. The molecule has 1 aromatic heterocycles. The highest BCUT2D eigenvalue weighted by atomic mass is 32.1. The molecule has 17 heteroatoms. The third-order valence-corrected chi connectivity index (χ3v) is 7.02. The largest absolute Gasteiger partial charge is 0.488 e. The van der Waals surface area contributed by atoms with Crippen LogP contribution in [0.15, 0.2) is 42.1 Å². The first-order chi connectivity index (χ1) is 21.7. The van der Waals surface area contributed by atoms with E-state index in [2.05, 4.69) is 4.98 Å². The molecule has 1 amide bonds. The lowest BCUT2D eigenvalue weighted by molar-refractivity contribution is -0.140. The lowest BCUT2D eigenvalue weighted by Gasteiger charge is -2.24. The molecule has 1 aliphatic heterocycles. The van der Waals surface area contributed by atoms with Gasteiger partial charge in [0.15, 0.2) is 5.11 Å². The van der Waals surface area contributed by atoms with Gasteiger partial charge in [0, 0.05) is 16.6 Å². The summed E-state index contributed by atoms with van der Waals surface area (Å²) in [5.41, 5.74) is 8.37. The van der Waals surface area contributed by atoms with Gasteiger partial charge in [-0.2, -0.15) is 0 Å². The number of thiocarbonyl (C=S) groups is 1. The molecular formula is C29H29N5O11S. The summed E-state index contributed by atoms with van der Waals surface area (Å²) in [4.78, 5) is 64.3. The summed E-state index contributed by atoms with van der Waals surface area (Å²) in [6, 6.07) is 9.82. The monoisotopic (exact) mass is 655 g/mol. The van der Waals surface area contributed by atoms with Gasteiger partial charge in [-0.25, -0.2) is 0 Å². The van der Waals surface area contributed by atoms with Gasteiger partial charge in [0.1, 0.15) is 56.6 Å². The number of anilines is 2. The Balaban J connectivity index is 1.50. The molecule has 0 atom stereocenters. The predicted molar refractivity (Wildman–Crippen MR) is 167 cm³/mol. The van der Waals surface area contributed by atoms with Crippen molar-refractivity contribution in [1.29, 1.82) is 0 Å². The first-order valence-corrected chi connectivity index (χ1v) is 13.9. The van der Waals surface area contributed by atoms with E-state index in [0.29, 0.717) is 28.0 Å².